The van der Waals surface area contributed by atoms with Crippen LogP contribution in [0.25, 0.3) is 0 Å². The third kappa shape index (κ3) is 5.52. The Balaban J connectivity index is 2.46. The lowest BCUT2D eigenvalue weighted by Gasteiger charge is -2.12. The first kappa shape index (κ1) is 15.2. The van der Waals surface area contributed by atoms with Crippen LogP contribution in [0.3, 0.4) is 0 Å². The molecule has 1 atom stereocenters. The lowest BCUT2D eigenvalue weighted by Crippen LogP contribution is -2.23. The molecule has 0 bridgehead atoms. The standard InChI is InChI=1S/C14H18O5/c1-10(8-17-3)19-14(16)9-18-13-6-4-5-12(7-13)11(2)15/h4-7,10H,8-9H2,1-3H3. The molecule has 5 heteroatoms. The van der Waals surface area contributed by atoms with E-state index < -0.39 is 5.97 Å². The first-order valence-corrected chi connectivity index (χ1v) is 5.95. The van der Waals surface area contributed by atoms with E-state index in [-0.39, 0.29) is 18.5 Å². The zero-order chi connectivity index (χ0) is 14.3. The molecule has 0 spiro atoms. The fourth-order valence-electron chi connectivity index (χ4n) is 1.47. The molecule has 1 rings (SSSR count). The average molecular weight is 266 g/mol. The van der Waals surface area contributed by atoms with Crippen molar-refractivity contribution in [2.24, 2.45) is 0 Å². The lowest BCUT2D eigenvalue weighted by molar-refractivity contribution is -0.152. The number of benzene rings is 1. The van der Waals surface area contributed by atoms with Crippen LogP contribution in [0.5, 0.6) is 5.75 Å². The van der Waals surface area contributed by atoms with E-state index in [0.717, 1.165) is 0 Å². The summed E-state index contributed by atoms with van der Waals surface area (Å²) >= 11 is 0. The Hall–Kier alpha value is -1.88. The Kier molecular flexibility index (Phi) is 6.02. The van der Waals surface area contributed by atoms with Crippen molar-refractivity contribution in [1.29, 1.82) is 0 Å². The van der Waals surface area contributed by atoms with E-state index in [0.29, 0.717) is 17.9 Å². The highest BCUT2D eigenvalue weighted by molar-refractivity contribution is 5.94. The van der Waals surface area contributed by atoms with Crippen molar-refractivity contribution in [2.75, 3.05) is 20.3 Å². The molecular formula is C14H18O5. The summed E-state index contributed by atoms with van der Waals surface area (Å²) < 4.78 is 15.2. The minimum Gasteiger partial charge on any atom is -0.482 e. The van der Waals surface area contributed by atoms with Crippen molar-refractivity contribution >= 4 is 11.8 Å². The van der Waals surface area contributed by atoms with E-state index in [4.69, 9.17) is 14.2 Å². The molecule has 0 amide bonds. The van der Waals surface area contributed by atoms with Crippen molar-refractivity contribution in [3.63, 3.8) is 0 Å². The third-order valence-electron chi connectivity index (χ3n) is 2.33. The van der Waals surface area contributed by atoms with Crippen molar-refractivity contribution < 1.29 is 23.8 Å². The maximum absolute atomic E-state index is 11.5. The van der Waals surface area contributed by atoms with Crippen LogP contribution in [-0.2, 0) is 14.3 Å². The van der Waals surface area contributed by atoms with Crippen LogP contribution in [0, 0.1) is 0 Å². The second-order valence-electron chi connectivity index (χ2n) is 4.13. The Morgan fingerprint density at radius 1 is 1.32 bits per heavy atom. The molecule has 0 aromatic heterocycles. The van der Waals surface area contributed by atoms with E-state index in [1.165, 1.54) is 14.0 Å². The number of carbonyl (C=O) groups excluding carboxylic acids is 2. The molecule has 0 saturated heterocycles. The molecule has 0 aliphatic carbocycles. The predicted octanol–water partition coefficient (Wildman–Crippen LogP) is 1.85. The quantitative estimate of drug-likeness (QED) is 0.556. The highest BCUT2D eigenvalue weighted by Gasteiger charge is 2.10. The zero-order valence-corrected chi connectivity index (χ0v) is 11.3. The molecule has 104 valence electrons. The summed E-state index contributed by atoms with van der Waals surface area (Å²) in [4.78, 5) is 22.6. The van der Waals surface area contributed by atoms with E-state index in [2.05, 4.69) is 0 Å². The SMILES string of the molecule is COCC(C)OC(=O)COc1cccc(C(C)=O)c1. The highest BCUT2D eigenvalue weighted by Crippen LogP contribution is 2.13. The minimum absolute atomic E-state index is 0.0539. The fourth-order valence-corrected chi connectivity index (χ4v) is 1.47. The summed E-state index contributed by atoms with van der Waals surface area (Å²) in [7, 11) is 1.54. The Labute approximate surface area is 112 Å². The normalized spacial score (nSPS) is 11.7. The van der Waals surface area contributed by atoms with Gasteiger partial charge in [-0.25, -0.2) is 4.79 Å². The topological polar surface area (TPSA) is 61.8 Å². The number of esters is 1. The van der Waals surface area contributed by atoms with Crippen molar-refractivity contribution in [3.05, 3.63) is 29.8 Å². The van der Waals surface area contributed by atoms with Crippen molar-refractivity contribution in [1.82, 2.24) is 0 Å². The Bertz CT molecular complexity index is 441. The summed E-state index contributed by atoms with van der Waals surface area (Å²) in [5, 5.41) is 0. The highest BCUT2D eigenvalue weighted by atomic mass is 16.6. The van der Waals surface area contributed by atoms with Crippen LogP contribution >= 0.6 is 0 Å². The maximum atomic E-state index is 11.5. The van der Waals surface area contributed by atoms with Gasteiger partial charge in [0.15, 0.2) is 12.4 Å². The van der Waals surface area contributed by atoms with Gasteiger partial charge in [-0.3, -0.25) is 4.79 Å². The first-order chi connectivity index (χ1) is 9.02. The van der Waals surface area contributed by atoms with Gasteiger partial charge in [0, 0.05) is 12.7 Å². The molecule has 19 heavy (non-hydrogen) atoms. The summed E-state index contributed by atoms with van der Waals surface area (Å²) in [6.45, 7) is 3.35. The lowest BCUT2D eigenvalue weighted by atomic mass is 10.1. The van der Waals surface area contributed by atoms with Gasteiger partial charge in [0.25, 0.3) is 0 Å². The number of ketones is 1. The van der Waals surface area contributed by atoms with Crippen LogP contribution in [0.2, 0.25) is 0 Å². The monoisotopic (exact) mass is 266 g/mol. The van der Waals surface area contributed by atoms with Crippen LogP contribution in [-0.4, -0.2) is 38.2 Å². The van der Waals surface area contributed by atoms with Gasteiger partial charge >= 0.3 is 5.97 Å². The first-order valence-electron chi connectivity index (χ1n) is 5.95. The maximum Gasteiger partial charge on any atom is 0.344 e. The molecule has 1 unspecified atom stereocenters. The van der Waals surface area contributed by atoms with E-state index in [1.54, 1.807) is 31.2 Å². The van der Waals surface area contributed by atoms with Crippen molar-refractivity contribution in [2.45, 2.75) is 20.0 Å². The molecule has 0 fully saturated rings. The smallest absolute Gasteiger partial charge is 0.344 e. The molecule has 0 N–H and O–H groups in total. The predicted molar refractivity (Wildman–Crippen MR) is 69.4 cm³/mol. The molecule has 5 nitrogen and oxygen atoms in total. The minimum atomic E-state index is -0.474. The zero-order valence-electron chi connectivity index (χ0n) is 11.3. The van der Waals surface area contributed by atoms with Crippen LogP contribution in [0.4, 0.5) is 0 Å². The molecule has 0 saturated carbocycles. The molecule has 0 aliphatic heterocycles. The fraction of sp³-hybridized carbons (Fsp3) is 0.429. The number of rotatable bonds is 7. The number of hydrogen-bond acceptors (Lipinski definition) is 5. The number of carbonyl (C=O) groups is 2. The van der Waals surface area contributed by atoms with Gasteiger partial charge < -0.3 is 14.2 Å². The van der Waals surface area contributed by atoms with Gasteiger partial charge in [-0.2, -0.15) is 0 Å². The molecular weight excluding hydrogens is 248 g/mol. The number of hydrogen-bond donors (Lipinski definition) is 0. The number of Topliss-reactive ketones (excluding diaryl/α,β-unsaturated/α-hetero) is 1. The number of methoxy groups -OCH3 is 1. The molecule has 0 radical (unpaired) electrons. The largest absolute Gasteiger partial charge is 0.482 e. The van der Waals surface area contributed by atoms with Gasteiger partial charge in [0.05, 0.1) is 6.61 Å². The molecule has 1 aromatic carbocycles. The summed E-state index contributed by atoms with van der Waals surface area (Å²) in [5.74, 6) is -0.0661. The summed E-state index contributed by atoms with van der Waals surface area (Å²) in [6.07, 6.45) is -0.315. The van der Waals surface area contributed by atoms with Crippen LogP contribution in [0.1, 0.15) is 24.2 Å². The molecule has 0 heterocycles. The summed E-state index contributed by atoms with van der Waals surface area (Å²) in [5.41, 5.74) is 0.540. The van der Waals surface area contributed by atoms with Crippen LogP contribution in [0.15, 0.2) is 24.3 Å². The van der Waals surface area contributed by atoms with E-state index in [9.17, 15) is 9.59 Å². The average Bonchev–Trinajstić information content (AvgIpc) is 2.37. The van der Waals surface area contributed by atoms with Gasteiger partial charge in [-0.15, -0.1) is 0 Å². The Morgan fingerprint density at radius 3 is 2.68 bits per heavy atom. The Morgan fingerprint density at radius 2 is 2.05 bits per heavy atom. The van der Waals surface area contributed by atoms with Gasteiger partial charge in [-0.1, -0.05) is 12.1 Å². The molecule has 1 aromatic rings. The van der Waals surface area contributed by atoms with Gasteiger partial charge in [0.1, 0.15) is 11.9 Å². The summed E-state index contributed by atoms with van der Waals surface area (Å²) in [6, 6.07) is 6.66. The van der Waals surface area contributed by atoms with Gasteiger partial charge in [-0.05, 0) is 26.0 Å². The van der Waals surface area contributed by atoms with E-state index in [1.807, 2.05) is 0 Å². The van der Waals surface area contributed by atoms with Crippen molar-refractivity contribution in [3.8, 4) is 5.75 Å². The van der Waals surface area contributed by atoms with Gasteiger partial charge in [0.2, 0.25) is 0 Å². The number of ether oxygens (including phenoxy) is 3. The second-order valence-corrected chi connectivity index (χ2v) is 4.13. The van der Waals surface area contributed by atoms with Crippen LogP contribution < -0.4 is 4.74 Å². The third-order valence-corrected chi connectivity index (χ3v) is 2.33. The van der Waals surface area contributed by atoms with E-state index >= 15 is 0 Å². The second kappa shape index (κ2) is 7.53. The molecule has 0 aliphatic rings.